The van der Waals surface area contributed by atoms with Crippen LogP contribution >= 0.6 is 22.6 Å². The molecule has 1 unspecified atom stereocenters. The van der Waals surface area contributed by atoms with Crippen LogP contribution in [0.3, 0.4) is 0 Å². The first-order chi connectivity index (χ1) is 9.16. The molecule has 0 bridgehead atoms. The molecule has 1 aromatic heterocycles. The van der Waals surface area contributed by atoms with Gasteiger partial charge in [0.25, 0.3) is 0 Å². The summed E-state index contributed by atoms with van der Waals surface area (Å²) in [5, 5.41) is 14.4. The zero-order valence-corrected chi connectivity index (χ0v) is 12.3. The van der Waals surface area contributed by atoms with Gasteiger partial charge in [-0.25, -0.2) is 9.48 Å². The van der Waals surface area contributed by atoms with E-state index in [1.54, 1.807) is 18.2 Å². The van der Waals surface area contributed by atoms with Crippen LogP contribution in [0.15, 0.2) is 18.2 Å². The van der Waals surface area contributed by atoms with Gasteiger partial charge < -0.3 is 9.84 Å². The van der Waals surface area contributed by atoms with Crippen LogP contribution in [0.25, 0.3) is 10.9 Å². The Hall–Kier alpha value is -1.15. The largest absolute Gasteiger partial charge is 0.478 e. The number of aromatic nitrogens is 2. The van der Waals surface area contributed by atoms with Gasteiger partial charge in [0.2, 0.25) is 0 Å². The van der Waals surface area contributed by atoms with Crippen LogP contribution in [0.2, 0.25) is 0 Å². The number of aromatic carboxylic acids is 1. The number of nitrogens with zero attached hydrogens (tertiary/aromatic N) is 2. The van der Waals surface area contributed by atoms with Crippen LogP contribution in [0, 0.1) is 3.70 Å². The van der Waals surface area contributed by atoms with E-state index in [4.69, 9.17) is 9.84 Å². The van der Waals surface area contributed by atoms with Gasteiger partial charge in [-0.15, -0.1) is 0 Å². The Morgan fingerprint density at radius 3 is 3.00 bits per heavy atom. The Kier molecular flexibility index (Phi) is 3.44. The lowest BCUT2D eigenvalue weighted by molar-refractivity contribution is -0.0406. The molecule has 1 saturated heterocycles. The van der Waals surface area contributed by atoms with Gasteiger partial charge in [-0.3, -0.25) is 0 Å². The highest BCUT2D eigenvalue weighted by Gasteiger charge is 2.21. The third kappa shape index (κ3) is 2.34. The van der Waals surface area contributed by atoms with Crippen molar-refractivity contribution < 1.29 is 14.6 Å². The second-order valence-electron chi connectivity index (χ2n) is 4.59. The fraction of sp³-hybridized carbons (Fsp3) is 0.385. The predicted molar refractivity (Wildman–Crippen MR) is 78.2 cm³/mol. The van der Waals surface area contributed by atoms with Crippen molar-refractivity contribution in [2.45, 2.75) is 25.5 Å². The second kappa shape index (κ2) is 5.09. The minimum Gasteiger partial charge on any atom is -0.478 e. The topological polar surface area (TPSA) is 64.3 Å². The van der Waals surface area contributed by atoms with E-state index in [0.717, 1.165) is 40.5 Å². The van der Waals surface area contributed by atoms with Crippen LogP contribution in [0.1, 0.15) is 35.8 Å². The number of carboxylic acid groups (broad SMARTS) is 1. The number of fused-ring (bicyclic) bond motifs is 1. The van der Waals surface area contributed by atoms with Crippen molar-refractivity contribution in [2.24, 2.45) is 0 Å². The van der Waals surface area contributed by atoms with Gasteiger partial charge >= 0.3 is 5.97 Å². The first kappa shape index (κ1) is 12.9. The van der Waals surface area contributed by atoms with Gasteiger partial charge in [-0.1, -0.05) is 0 Å². The molecule has 2 aromatic rings. The van der Waals surface area contributed by atoms with Gasteiger partial charge in [-0.2, -0.15) is 5.10 Å². The molecule has 6 heteroatoms. The summed E-state index contributed by atoms with van der Waals surface area (Å²) < 4.78 is 8.54. The summed E-state index contributed by atoms with van der Waals surface area (Å²) in [5.74, 6) is -0.917. The molecule has 0 amide bonds. The van der Waals surface area contributed by atoms with Crippen LogP contribution in [-0.4, -0.2) is 27.5 Å². The number of ether oxygens (including phenoxy) is 1. The Morgan fingerprint density at radius 1 is 1.47 bits per heavy atom. The van der Waals surface area contributed by atoms with E-state index in [2.05, 4.69) is 27.7 Å². The highest BCUT2D eigenvalue weighted by molar-refractivity contribution is 14.1. The summed E-state index contributed by atoms with van der Waals surface area (Å²) in [7, 11) is 0. The molecule has 1 fully saturated rings. The normalized spacial score (nSPS) is 19.7. The minimum atomic E-state index is -0.917. The fourth-order valence-corrected chi connectivity index (χ4v) is 3.16. The molecule has 1 aromatic carbocycles. The molecular formula is C13H13IN2O3. The molecule has 100 valence electrons. The number of carbonyl (C=O) groups is 1. The van der Waals surface area contributed by atoms with Crippen LogP contribution < -0.4 is 0 Å². The molecule has 0 spiro atoms. The zero-order chi connectivity index (χ0) is 13.4. The average molecular weight is 372 g/mol. The molecule has 5 nitrogen and oxygen atoms in total. The van der Waals surface area contributed by atoms with Gasteiger partial charge in [0, 0.05) is 12.0 Å². The molecule has 3 rings (SSSR count). The summed E-state index contributed by atoms with van der Waals surface area (Å²) >= 11 is 2.20. The van der Waals surface area contributed by atoms with Gasteiger partial charge in [0.1, 0.15) is 3.70 Å². The molecular weight excluding hydrogens is 359 g/mol. The lowest BCUT2D eigenvalue weighted by Gasteiger charge is -2.23. The van der Waals surface area contributed by atoms with E-state index >= 15 is 0 Å². The number of halogens is 1. The predicted octanol–water partition coefficient (Wildman–Crippen LogP) is 3.04. The first-order valence-corrected chi connectivity index (χ1v) is 7.27. The van der Waals surface area contributed by atoms with Crippen molar-refractivity contribution in [3.63, 3.8) is 0 Å². The SMILES string of the molecule is O=C(O)c1ccc2nn(C3CCCCO3)c(I)c2c1. The number of hydrogen-bond acceptors (Lipinski definition) is 3. The standard InChI is InChI=1S/C13H13IN2O3/c14-12-9-7-8(13(17)18)4-5-10(9)15-16(12)11-3-1-2-6-19-11/h4-5,7,11H,1-3,6H2,(H,17,18). The van der Waals surface area contributed by atoms with E-state index in [-0.39, 0.29) is 11.8 Å². The molecule has 0 saturated carbocycles. The van der Waals surface area contributed by atoms with Gasteiger partial charge in [-0.05, 0) is 60.1 Å². The van der Waals surface area contributed by atoms with Crippen molar-refractivity contribution in [1.82, 2.24) is 9.78 Å². The van der Waals surface area contributed by atoms with E-state index < -0.39 is 5.97 Å². The minimum absolute atomic E-state index is 0.0265. The summed E-state index contributed by atoms with van der Waals surface area (Å²) in [6.07, 6.45) is 3.16. The zero-order valence-electron chi connectivity index (χ0n) is 10.2. The number of hydrogen-bond donors (Lipinski definition) is 1. The summed E-state index contributed by atoms with van der Waals surface area (Å²) in [5.41, 5.74) is 1.10. The third-order valence-corrected chi connectivity index (χ3v) is 4.39. The van der Waals surface area contributed by atoms with Crippen LogP contribution in [0.5, 0.6) is 0 Å². The molecule has 1 aliphatic heterocycles. The lowest BCUT2D eigenvalue weighted by Crippen LogP contribution is -2.20. The summed E-state index contributed by atoms with van der Waals surface area (Å²) in [4.78, 5) is 11.0. The number of carboxylic acids is 1. The molecule has 2 heterocycles. The summed E-state index contributed by atoms with van der Waals surface area (Å²) in [6.45, 7) is 0.761. The molecule has 0 radical (unpaired) electrons. The number of benzene rings is 1. The Bertz CT molecular complexity index is 632. The quantitative estimate of drug-likeness (QED) is 0.824. The van der Waals surface area contributed by atoms with Crippen molar-refractivity contribution in [1.29, 1.82) is 0 Å². The Labute approximate surface area is 123 Å². The Balaban J connectivity index is 2.06. The lowest BCUT2D eigenvalue weighted by atomic mass is 10.1. The number of rotatable bonds is 2. The first-order valence-electron chi connectivity index (χ1n) is 6.19. The maximum Gasteiger partial charge on any atom is 0.335 e. The molecule has 1 aliphatic rings. The van der Waals surface area contributed by atoms with Crippen molar-refractivity contribution in [3.05, 3.63) is 27.5 Å². The monoisotopic (exact) mass is 372 g/mol. The van der Waals surface area contributed by atoms with E-state index in [1.165, 1.54) is 0 Å². The highest BCUT2D eigenvalue weighted by Crippen LogP contribution is 2.29. The van der Waals surface area contributed by atoms with Crippen LogP contribution in [-0.2, 0) is 4.74 Å². The van der Waals surface area contributed by atoms with E-state index in [9.17, 15) is 4.79 Å². The maximum atomic E-state index is 11.0. The molecule has 1 N–H and O–H groups in total. The van der Waals surface area contributed by atoms with Crippen molar-refractivity contribution in [3.8, 4) is 0 Å². The second-order valence-corrected chi connectivity index (χ2v) is 5.62. The highest BCUT2D eigenvalue weighted by atomic mass is 127. The molecule has 0 aliphatic carbocycles. The molecule has 1 atom stereocenters. The molecule has 19 heavy (non-hydrogen) atoms. The third-order valence-electron chi connectivity index (χ3n) is 3.31. The summed E-state index contributed by atoms with van der Waals surface area (Å²) in [6, 6.07) is 5.01. The Morgan fingerprint density at radius 2 is 2.32 bits per heavy atom. The van der Waals surface area contributed by atoms with E-state index in [1.807, 2.05) is 4.68 Å². The fourth-order valence-electron chi connectivity index (χ4n) is 2.31. The maximum absolute atomic E-state index is 11.0. The van der Waals surface area contributed by atoms with Crippen molar-refractivity contribution >= 4 is 39.5 Å². The van der Waals surface area contributed by atoms with Gasteiger partial charge in [0.15, 0.2) is 6.23 Å². The smallest absolute Gasteiger partial charge is 0.335 e. The van der Waals surface area contributed by atoms with Gasteiger partial charge in [0.05, 0.1) is 11.1 Å². The average Bonchev–Trinajstić information content (AvgIpc) is 2.77. The van der Waals surface area contributed by atoms with E-state index in [0.29, 0.717) is 0 Å². The van der Waals surface area contributed by atoms with Crippen molar-refractivity contribution in [2.75, 3.05) is 6.61 Å². The van der Waals surface area contributed by atoms with Crippen LogP contribution in [0.4, 0.5) is 0 Å².